The molecule has 0 bridgehead atoms. The van der Waals surface area contributed by atoms with E-state index >= 15 is 0 Å². The van der Waals surface area contributed by atoms with Crippen molar-refractivity contribution in [2.45, 2.75) is 51.0 Å². The Morgan fingerprint density at radius 2 is 2.00 bits per heavy atom. The average Bonchev–Trinajstić information content (AvgIpc) is 3.64. The molecule has 0 unspecified atom stereocenters. The van der Waals surface area contributed by atoms with Gasteiger partial charge in [0.1, 0.15) is 11.3 Å². The van der Waals surface area contributed by atoms with E-state index in [0.717, 1.165) is 65.3 Å². The summed E-state index contributed by atoms with van der Waals surface area (Å²) in [5.41, 5.74) is 1.30. The second kappa shape index (κ2) is 10.4. The van der Waals surface area contributed by atoms with Crippen LogP contribution in [0.2, 0.25) is 5.02 Å². The van der Waals surface area contributed by atoms with Crippen molar-refractivity contribution in [2.24, 2.45) is 0 Å². The van der Waals surface area contributed by atoms with Crippen LogP contribution in [-0.4, -0.2) is 33.6 Å². The van der Waals surface area contributed by atoms with Gasteiger partial charge in [-0.2, -0.15) is 0 Å². The molecule has 0 saturated heterocycles. The summed E-state index contributed by atoms with van der Waals surface area (Å²) in [6.45, 7) is 3.90. The predicted octanol–water partition coefficient (Wildman–Crippen LogP) is 6.48. The van der Waals surface area contributed by atoms with Gasteiger partial charge in [0.2, 0.25) is 5.91 Å². The Morgan fingerprint density at radius 1 is 1.20 bits per heavy atom. The van der Waals surface area contributed by atoms with E-state index < -0.39 is 5.41 Å². The van der Waals surface area contributed by atoms with E-state index in [-0.39, 0.29) is 5.91 Å². The SMILES string of the molecule is CCOc1cccc2sc(N(CCCn3ccnc3)C(=O)C3(c4ccc(Cl)cc4)CCCC3)nc12. The first-order valence-electron chi connectivity index (χ1n) is 12.2. The number of carbonyl (C=O) groups is 1. The van der Waals surface area contributed by atoms with Crippen LogP contribution in [0.15, 0.2) is 61.2 Å². The quantitative estimate of drug-likeness (QED) is 0.259. The summed E-state index contributed by atoms with van der Waals surface area (Å²) in [5.74, 6) is 0.881. The van der Waals surface area contributed by atoms with Gasteiger partial charge in [0.05, 0.1) is 23.0 Å². The smallest absolute Gasteiger partial charge is 0.239 e. The van der Waals surface area contributed by atoms with E-state index in [1.54, 1.807) is 17.5 Å². The standard InChI is InChI=1S/C27H29ClN4O2S/c1-2-34-22-7-5-8-23-24(22)30-26(35-23)32(17-6-16-31-18-15-29-19-31)25(33)27(13-3-4-14-27)20-9-11-21(28)12-10-20/h5,7-12,15,18-19H,2-4,6,13-14,16-17H2,1H3. The normalized spacial score (nSPS) is 14.9. The van der Waals surface area contributed by atoms with Crippen molar-refractivity contribution in [3.8, 4) is 5.75 Å². The summed E-state index contributed by atoms with van der Waals surface area (Å²) in [6.07, 6.45) is 10.1. The number of amides is 1. The molecule has 0 N–H and O–H groups in total. The molecule has 1 aliphatic rings. The number of para-hydroxylation sites is 1. The molecule has 1 saturated carbocycles. The lowest BCUT2D eigenvalue weighted by molar-refractivity contribution is -0.124. The number of carbonyl (C=O) groups excluding carboxylic acids is 1. The van der Waals surface area contributed by atoms with Crippen LogP contribution in [0, 0.1) is 0 Å². The monoisotopic (exact) mass is 508 g/mol. The lowest BCUT2D eigenvalue weighted by Crippen LogP contribution is -2.46. The summed E-state index contributed by atoms with van der Waals surface area (Å²) in [5, 5.41) is 1.41. The number of hydrogen-bond acceptors (Lipinski definition) is 5. The van der Waals surface area contributed by atoms with Crippen LogP contribution in [0.25, 0.3) is 10.2 Å². The summed E-state index contributed by atoms with van der Waals surface area (Å²) in [4.78, 5) is 25.4. The third-order valence-electron chi connectivity index (χ3n) is 6.77. The van der Waals surface area contributed by atoms with Crippen molar-refractivity contribution in [3.05, 3.63) is 71.8 Å². The number of imidazole rings is 1. The first kappa shape index (κ1) is 23.8. The maximum atomic E-state index is 14.4. The maximum absolute atomic E-state index is 14.4. The van der Waals surface area contributed by atoms with Gasteiger partial charge in [0.15, 0.2) is 5.13 Å². The van der Waals surface area contributed by atoms with Crippen molar-refractivity contribution in [1.82, 2.24) is 14.5 Å². The molecule has 0 atom stereocenters. The number of nitrogens with zero attached hydrogens (tertiary/aromatic N) is 4. The van der Waals surface area contributed by atoms with Crippen LogP contribution in [0.4, 0.5) is 5.13 Å². The van der Waals surface area contributed by atoms with Crippen LogP contribution >= 0.6 is 22.9 Å². The first-order chi connectivity index (χ1) is 17.1. The summed E-state index contributed by atoms with van der Waals surface area (Å²) >= 11 is 7.73. The third kappa shape index (κ3) is 4.80. The highest BCUT2D eigenvalue weighted by Gasteiger charge is 2.45. The molecule has 1 aliphatic carbocycles. The topological polar surface area (TPSA) is 60.2 Å². The van der Waals surface area contributed by atoms with Crippen molar-refractivity contribution in [3.63, 3.8) is 0 Å². The van der Waals surface area contributed by atoms with E-state index in [0.29, 0.717) is 18.2 Å². The highest BCUT2D eigenvalue weighted by Crippen LogP contribution is 2.45. The number of aromatic nitrogens is 3. The van der Waals surface area contributed by atoms with Gasteiger partial charge in [-0.25, -0.2) is 9.97 Å². The van der Waals surface area contributed by atoms with E-state index in [4.69, 9.17) is 21.3 Å². The van der Waals surface area contributed by atoms with E-state index in [1.165, 1.54) is 0 Å². The lowest BCUT2D eigenvalue weighted by Gasteiger charge is -2.34. The number of thiazole rings is 1. The predicted molar refractivity (Wildman–Crippen MR) is 142 cm³/mol. The number of benzene rings is 2. The molecule has 0 aliphatic heterocycles. The first-order valence-corrected chi connectivity index (χ1v) is 13.4. The molecule has 5 rings (SSSR count). The Kier molecular flexibility index (Phi) is 7.07. The van der Waals surface area contributed by atoms with Gasteiger partial charge in [0.25, 0.3) is 0 Å². The van der Waals surface area contributed by atoms with E-state index in [9.17, 15) is 4.79 Å². The minimum absolute atomic E-state index is 0.125. The zero-order valence-corrected chi connectivity index (χ0v) is 21.4. The Hall–Kier alpha value is -2.90. The minimum Gasteiger partial charge on any atom is -0.492 e. The molecular formula is C27H29ClN4O2S. The Morgan fingerprint density at radius 3 is 2.71 bits per heavy atom. The lowest BCUT2D eigenvalue weighted by atomic mass is 9.77. The molecule has 2 aromatic carbocycles. The molecule has 182 valence electrons. The molecule has 1 fully saturated rings. The van der Waals surface area contributed by atoms with Gasteiger partial charge in [0, 0.05) is 30.5 Å². The number of anilines is 1. The number of hydrogen-bond donors (Lipinski definition) is 0. The van der Waals surface area contributed by atoms with Crippen molar-refractivity contribution < 1.29 is 9.53 Å². The second-order valence-corrected chi connectivity index (χ2v) is 10.4. The largest absolute Gasteiger partial charge is 0.492 e. The molecular weight excluding hydrogens is 480 g/mol. The summed E-state index contributed by atoms with van der Waals surface area (Å²) < 4.78 is 8.88. The Bertz CT molecular complexity index is 1280. The second-order valence-electron chi connectivity index (χ2n) is 8.94. The van der Waals surface area contributed by atoms with Crippen LogP contribution in [-0.2, 0) is 16.8 Å². The van der Waals surface area contributed by atoms with Crippen LogP contribution < -0.4 is 9.64 Å². The van der Waals surface area contributed by atoms with Gasteiger partial charge in [-0.1, -0.05) is 54.0 Å². The van der Waals surface area contributed by atoms with Crippen LogP contribution in [0.1, 0.15) is 44.6 Å². The van der Waals surface area contributed by atoms with Crippen molar-refractivity contribution >= 4 is 44.2 Å². The van der Waals surface area contributed by atoms with E-state index in [2.05, 4.69) is 4.98 Å². The number of rotatable bonds is 9. The van der Waals surface area contributed by atoms with Gasteiger partial charge >= 0.3 is 0 Å². The van der Waals surface area contributed by atoms with Gasteiger partial charge in [-0.15, -0.1) is 0 Å². The third-order valence-corrected chi connectivity index (χ3v) is 8.06. The molecule has 35 heavy (non-hydrogen) atoms. The highest BCUT2D eigenvalue weighted by molar-refractivity contribution is 7.22. The van der Waals surface area contributed by atoms with Gasteiger partial charge < -0.3 is 9.30 Å². The zero-order chi connectivity index (χ0) is 24.3. The zero-order valence-electron chi connectivity index (χ0n) is 19.8. The van der Waals surface area contributed by atoms with Gasteiger partial charge in [-0.05, 0) is 56.0 Å². The molecule has 2 heterocycles. The molecule has 2 aromatic heterocycles. The minimum atomic E-state index is -0.555. The fourth-order valence-corrected chi connectivity index (χ4v) is 6.18. The fraction of sp³-hybridized carbons (Fsp3) is 0.370. The maximum Gasteiger partial charge on any atom is 0.239 e. The van der Waals surface area contributed by atoms with Gasteiger partial charge in [-0.3, -0.25) is 9.69 Å². The highest BCUT2D eigenvalue weighted by atomic mass is 35.5. The number of fused-ring (bicyclic) bond motifs is 1. The fourth-order valence-electron chi connectivity index (χ4n) is 5.05. The number of aryl methyl sites for hydroxylation is 1. The van der Waals surface area contributed by atoms with Crippen molar-refractivity contribution in [2.75, 3.05) is 18.1 Å². The number of ether oxygens (including phenoxy) is 1. The number of halogens is 1. The molecule has 8 heteroatoms. The Balaban J connectivity index is 1.52. The van der Waals surface area contributed by atoms with E-state index in [1.807, 2.05) is 71.4 Å². The molecule has 0 spiro atoms. The summed E-state index contributed by atoms with van der Waals surface area (Å²) in [6, 6.07) is 13.8. The molecule has 6 nitrogen and oxygen atoms in total. The van der Waals surface area contributed by atoms with Crippen LogP contribution in [0.3, 0.4) is 0 Å². The van der Waals surface area contributed by atoms with Crippen molar-refractivity contribution in [1.29, 1.82) is 0 Å². The molecule has 0 radical (unpaired) electrons. The molecule has 1 amide bonds. The van der Waals surface area contributed by atoms with Crippen LogP contribution in [0.5, 0.6) is 5.75 Å². The average molecular weight is 509 g/mol. The Labute approximate surface area is 214 Å². The summed E-state index contributed by atoms with van der Waals surface area (Å²) in [7, 11) is 0. The molecule has 4 aromatic rings.